The van der Waals surface area contributed by atoms with Crippen LogP contribution in [0.1, 0.15) is 37.8 Å². The molecule has 1 aromatic carbocycles. The zero-order valence-electron chi connectivity index (χ0n) is 9.12. The van der Waals surface area contributed by atoms with Gasteiger partial charge in [0.05, 0.1) is 5.71 Å². The third-order valence-corrected chi connectivity index (χ3v) is 2.11. The topological polar surface area (TPSA) is 32.6 Å². The molecule has 0 amide bonds. The lowest BCUT2D eigenvalue weighted by atomic mass is 10.0. The highest BCUT2D eigenvalue weighted by Crippen LogP contribution is 2.12. The molecule has 0 atom stereocenters. The lowest BCUT2D eigenvalue weighted by Crippen LogP contribution is -2.03. The number of nitrogens with zero attached hydrogens (tertiary/aromatic N) is 1. The van der Waals surface area contributed by atoms with Crippen molar-refractivity contribution in [2.45, 2.75) is 26.7 Å². The average molecular weight is 201 g/mol. The lowest BCUT2D eigenvalue weighted by molar-refractivity contribution is 0.318. The van der Waals surface area contributed by atoms with E-state index in [1.165, 1.54) is 0 Å². The van der Waals surface area contributed by atoms with E-state index in [0.29, 0.717) is 5.71 Å². The van der Waals surface area contributed by atoms with Crippen LogP contribution in [0.2, 0.25) is 0 Å². The second-order valence-corrected chi connectivity index (χ2v) is 3.22. The number of hydrogen-bond acceptors (Lipinski definition) is 2. The molecule has 2 nitrogen and oxygen atoms in total. The first-order valence-corrected chi connectivity index (χ1v) is 5.06. The summed E-state index contributed by atoms with van der Waals surface area (Å²) in [4.78, 5) is 0. The van der Waals surface area contributed by atoms with E-state index in [2.05, 4.69) is 23.9 Å². The standard InChI is InChI=1S/C13H15NO/c1-3-7-11-9-5-6-10-12(11)13(14-15)8-4-2/h5-6,9-10,15H,4,8H2,1-2H3/b14-13+. The maximum atomic E-state index is 8.94. The lowest BCUT2D eigenvalue weighted by Gasteiger charge is -2.05. The number of rotatable bonds is 3. The van der Waals surface area contributed by atoms with Crippen molar-refractivity contribution in [1.82, 2.24) is 0 Å². The fourth-order valence-corrected chi connectivity index (χ4v) is 1.45. The first-order chi connectivity index (χ1) is 7.33. The van der Waals surface area contributed by atoms with Crippen molar-refractivity contribution in [3.63, 3.8) is 0 Å². The van der Waals surface area contributed by atoms with E-state index >= 15 is 0 Å². The fraction of sp³-hybridized carbons (Fsp3) is 0.308. The summed E-state index contributed by atoms with van der Waals surface area (Å²) in [5.74, 6) is 5.87. The third-order valence-electron chi connectivity index (χ3n) is 2.11. The molecule has 15 heavy (non-hydrogen) atoms. The van der Waals surface area contributed by atoms with Crippen LogP contribution in [0, 0.1) is 11.8 Å². The fourth-order valence-electron chi connectivity index (χ4n) is 1.45. The summed E-state index contributed by atoms with van der Waals surface area (Å²) in [6.07, 6.45) is 1.71. The van der Waals surface area contributed by atoms with Crippen molar-refractivity contribution < 1.29 is 5.21 Å². The summed E-state index contributed by atoms with van der Waals surface area (Å²) in [5, 5.41) is 12.3. The van der Waals surface area contributed by atoms with Crippen LogP contribution in [0.15, 0.2) is 29.4 Å². The van der Waals surface area contributed by atoms with Crippen LogP contribution < -0.4 is 0 Å². The predicted octanol–water partition coefficient (Wildman–Crippen LogP) is 3.04. The molecule has 0 aliphatic rings. The van der Waals surface area contributed by atoms with Gasteiger partial charge in [-0.15, -0.1) is 5.92 Å². The first kappa shape index (κ1) is 11.3. The van der Waals surface area contributed by atoms with Gasteiger partial charge in [0.1, 0.15) is 0 Å². The largest absolute Gasteiger partial charge is 0.411 e. The molecule has 0 bridgehead atoms. The van der Waals surface area contributed by atoms with Gasteiger partial charge in [0.15, 0.2) is 0 Å². The molecule has 0 saturated carbocycles. The zero-order valence-corrected chi connectivity index (χ0v) is 9.12. The smallest absolute Gasteiger partial charge is 0.0880 e. The average Bonchev–Trinajstić information content (AvgIpc) is 2.27. The van der Waals surface area contributed by atoms with Gasteiger partial charge in [-0.2, -0.15) is 0 Å². The quantitative estimate of drug-likeness (QED) is 0.346. The van der Waals surface area contributed by atoms with E-state index in [0.717, 1.165) is 24.0 Å². The summed E-state index contributed by atoms with van der Waals surface area (Å²) in [6, 6.07) is 7.73. The van der Waals surface area contributed by atoms with E-state index in [-0.39, 0.29) is 0 Å². The first-order valence-electron chi connectivity index (χ1n) is 5.06. The molecule has 0 unspecified atom stereocenters. The SMILES string of the molecule is CC#Cc1ccccc1/C(CCC)=N/O. The normalized spacial score (nSPS) is 10.7. The summed E-state index contributed by atoms with van der Waals surface area (Å²) in [5.41, 5.74) is 2.55. The molecule has 1 N–H and O–H groups in total. The van der Waals surface area contributed by atoms with Gasteiger partial charge in [-0.1, -0.05) is 42.6 Å². The van der Waals surface area contributed by atoms with E-state index in [9.17, 15) is 0 Å². The van der Waals surface area contributed by atoms with Gasteiger partial charge in [-0.25, -0.2) is 0 Å². The minimum Gasteiger partial charge on any atom is -0.411 e. The molecule has 2 heteroatoms. The molecule has 0 spiro atoms. The van der Waals surface area contributed by atoms with Crippen molar-refractivity contribution in [1.29, 1.82) is 0 Å². The van der Waals surface area contributed by atoms with Gasteiger partial charge < -0.3 is 5.21 Å². The maximum absolute atomic E-state index is 8.94. The molecule has 0 aliphatic heterocycles. The van der Waals surface area contributed by atoms with Crippen LogP contribution in [-0.4, -0.2) is 10.9 Å². The Morgan fingerprint density at radius 1 is 1.40 bits per heavy atom. The number of hydrogen-bond donors (Lipinski definition) is 1. The monoisotopic (exact) mass is 201 g/mol. The molecule has 0 aromatic heterocycles. The predicted molar refractivity (Wildman–Crippen MR) is 62.2 cm³/mol. The van der Waals surface area contributed by atoms with Crippen LogP contribution in [0.4, 0.5) is 0 Å². The molecule has 1 aromatic rings. The van der Waals surface area contributed by atoms with Crippen LogP contribution >= 0.6 is 0 Å². The summed E-state index contributed by atoms with van der Waals surface area (Å²) >= 11 is 0. The Kier molecular flexibility index (Phi) is 4.43. The van der Waals surface area contributed by atoms with Crippen LogP contribution in [-0.2, 0) is 0 Å². The Labute approximate surface area is 90.6 Å². The highest BCUT2D eigenvalue weighted by molar-refractivity contribution is 6.02. The number of benzene rings is 1. The van der Waals surface area contributed by atoms with Crippen molar-refractivity contribution in [3.8, 4) is 11.8 Å². The molecule has 0 heterocycles. The highest BCUT2D eigenvalue weighted by atomic mass is 16.4. The zero-order chi connectivity index (χ0) is 11.1. The minimum atomic E-state index is 0.704. The van der Waals surface area contributed by atoms with Crippen LogP contribution in [0.25, 0.3) is 0 Å². The van der Waals surface area contributed by atoms with Gasteiger partial charge in [0, 0.05) is 11.1 Å². The van der Waals surface area contributed by atoms with E-state index in [1.807, 2.05) is 24.3 Å². The van der Waals surface area contributed by atoms with Crippen molar-refractivity contribution >= 4 is 5.71 Å². The molecular formula is C13H15NO. The van der Waals surface area contributed by atoms with E-state index in [4.69, 9.17) is 5.21 Å². The molecule has 0 saturated heterocycles. The summed E-state index contributed by atoms with van der Waals surface area (Å²) < 4.78 is 0. The van der Waals surface area contributed by atoms with Crippen LogP contribution in [0.3, 0.4) is 0 Å². The Morgan fingerprint density at radius 2 is 2.13 bits per heavy atom. The Morgan fingerprint density at radius 3 is 2.73 bits per heavy atom. The minimum absolute atomic E-state index is 0.704. The second-order valence-electron chi connectivity index (χ2n) is 3.22. The molecule has 0 radical (unpaired) electrons. The Balaban J connectivity index is 3.15. The molecule has 0 fully saturated rings. The molecular weight excluding hydrogens is 186 g/mol. The molecule has 78 valence electrons. The Bertz CT molecular complexity index is 410. The molecule has 1 rings (SSSR count). The van der Waals surface area contributed by atoms with Gasteiger partial charge in [0.25, 0.3) is 0 Å². The van der Waals surface area contributed by atoms with Gasteiger partial charge in [-0.05, 0) is 19.4 Å². The number of oxime groups is 1. The van der Waals surface area contributed by atoms with Crippen molar-refractivity contribution in [2.24, 2.45) is 5.16 Å². The molecule has 0 aliphatic carbocycles. The summed E-state index contributed by atoms with van der Waals surface area (Å²) in [6.45, 7) is 3.85. The van der Waals surface area contributed by atoms with E-state index < -0.39 is 0 Å². The maximum Gasteiger partial charge on any atom is 0.0880 e. The van der Waals surface area contributed by atoms with Gasteiger partial charge in [0.2, 0.25) is 0 Å². The van der Waals surface area contributed by atoms with Crippen LogP contribution in [0.5, 0.6) is 0 Å². The Hall–Kier alpha value is -1.75. The van der Waals surface area contributed by atoms with Gasteiger partial charge >= 0.3 is 0 Å². The van der Waals surface area contributed by atoms with Crippen molar-refractivity contribution in [3.05, 3.63) is 35.4 Å². The second kappa shape index (κ2) is 5.87. The van der Waals surface area contributed by atoms with Gasteiger partial charge in [-0.3, -0.25) is 0 Å². The third kappa shape index (κ3) is 2.85. The van der Waals surface area contributed by atoms with E-state index in [1.54, 1.807) is 6.92 Å². The van der Waals surface area contributed by atoms with Crippen molar-refractivity contribution in [2.75, 3.05) is 0 Å². The highest BCUT2D eigenvalue weighted by Gasteiger charge is 2.06. The summed E-state index contributed by atoms with van der Waals surface area (Å²) in [7, 11) is 0.